The van der Waals surface area contributed by atoms with Crippen molar-refractivity contribution in [1.82, 2.24) is 4.90 Å². The zero-order valence-corrected chi connectivity index (χ0v) is 12.8. The third-order valence-corrected chi connectivity index (χ3v) is 5.01. The normalized spacial score (nSPS) is 30.0. The molecule has 3 nitrogen and oxygen atoms in total. The van der Waals surface area contributed by atoms with Crippen molar-refractivity contribution in [1.29, 1.82) is 0 Å². The first-order valence-electron chi connectivity index (χ1n) is 8.09. The summed E-state index contributed by atoms with van der Waals surface area (Å²) in [5.41, 5.74) is 0.795. The second-order valence-corrected chi connectivity index (χ2v) is 7.06. The standard InChI is InChI=1S/C18H25NO2/c1-18(21)12-16(13-18)17(20)19-9-7-15(8-10-19)11-14-5-3-2-4-6-14/h2-6,15-16,21H,7-13H2,1H3/t16-,18+. The number of hydrogen-bond acceptors (Lipinski definition) is 2. The third-order valence-electron chi connectivity index (χ3n) is 5.01. The topological polar surface area (TPSA) is 40.5 Å². The lowest BCUT2D eigenvalue weighted by Crippen LogP contribution is -2.51. The molecule has 1 saturated carbocycles. The number of carbonyl (C=O) groups excluding carboxylic acids is 1. The van der Waals surface area contributed by atoms with E-state index < -0.39 is 5.60 Å². The van der Waals surface area contributed by atoms with Gasteiger partial charge in [0.1, 0.15) is 0 Å². The van der Waals surface area contributed by atoms with Gasteiger partial charge in [0.25, 0.3) is 0 Å². The Morgan fingerprint density at radius 3 is 2.43 bits per heavy atom. The minimum atomic E-state index is -0.605. The largest absolute Gasteiger partial charge is 0.390 e. The third kappa shape index (κ3) is 3.46. The van der Waals surface area contributed by atoms with E-state index in [0.717, 1.165) is 32.4 Å². The Morgan fingerprint density at radius 1 is 1.24 bits per heavy atom. The fraction of sp³-hybridized carbons (Fsp3) is 0.611. The first-order valence-corrected chi connectivity index (χ1v) is 8.09. The molecule has 0 atom stereocenters. The molecule has 1 heterocycles. The van der Waals surface area contributed by atoms with Crippen molar-refractivity contribution in [2.45, 2.75) is 44.6 Å². The van der Waals surface area contributed by atoms with Crippen LogP contribution in [0.4, 0.5) is 0 Å². The van der Waals surface area contributed by atoms with Crippen LogP contribution < -0.4 is 0 Å². The molecule has 3 rings (SSSR count). The van der Waals surface area contributed by atoms with Crippen molar-refractivity contribution in [3.8, 4) is 0 Å². The molecule has 1 aromatic carbocycles. The molecule has 2 aliphatic rings. The van der Waals surface area contributed by atoms with Crippen LogP contribution in [-0.2, 0) is 11.2 Å². The number of likely N-dealkylation sites (tertiary alicyclic amines) is 1. The molecular weight excluding hydrogens is 262 g/mol. The Morgan fingerprint density at radius 2 is 1.86 bits per heavy atom. The lowest BCUT2D eigenvalue weighted by atomic mass is 9.71. The minimum absolute atomic E-state index is 0.0608. The Labute approximate surface area is 127 Å². The van der Waals surface area contributed by atoms with Crippen LogP contribution in [0.15, 0.2) is 30.3 Å². The summed E-state index contributed by atoms with van der Waals surface area (Å²) in [6.45, 7) is 3.59. The molecule has 1 N–H and O–H groups in total. The fourth-order valence-electron chi connectivity index (χ4n) is 3.74. The zero-order chi connectivity index (χ0) is 14.9. The predicted molar refractivity (Wildman–Crippen MR) is 82.8 cm³/mol. The number of hydrogen-bond donors (Lipinski definition) is 1. The lowest BCUT2D eigenvalue weighted by Gasteiger charge is -2.43. The van der Waals surface area contributed by atoms with Gasteiger partial charge in [0.05, 0.1) is 5.60 Å². The van der Waals surface area contributed by atoms with Crippen LogP contribution in [0.1, 0.15) is 38.2 Å². The molecule has 114 valence electrons. The minimum Gasteiger partial charge on any atom is -0.390 e. The molecule has 1 saturated heterocycles. The summed E-state index contributed by atoms with van der Waals surface area (Å²) in [5.74, 6) is 1.02. The van der Waals surface area contributed by atoms with E-state index in [1.807, 2.05) is 11.8 Å². The van der Waals surface area contributed by atoms with Crippen molar-refractivity contribution in [3.63, 3.8) is 0 Å². The highest BCUT2D eigenvalue weighted by atomic mass is 16.3. The molecule has 0 spiro atoms. The van der Waals surface area contributed by atoms with Crippen LogP contribution in [0.3, 0.4) is 0 Å². The van der Waals surface area contributed by atoms with E-state index >= 15 is 0 Å². The van der Waals surface area contributed by atoms with Crippen LogP contribution in [0.25, 0.3) is 0 Å². The average molecular weight is 287 g/mol. The summed E-state index contributed by atoms with van der Waals surface area (Å²) < 4.78 is 0. The number of rotatable bonds is 3. The SMILES string of the molecule is C[C@]1(O)C[C@@H](C(=O)N2CCC(Cc3ccccc3)CC2)C1. The smallest absolute Gasteiger partial charge is 0.225 e. The summed E-state index contributed by atoms with van der Waals surface area (Å²) in [4.78, 5) is 14.4. The van der Waals surface area contributed by atoms with Gasteiger partial charge in [-0.25, -0.2) is 0 Å². The maximum absolute atomic E-state index is 12.3. The van der Waals surface area contributed by atoms with Crippen molar-refractivity contribution in [2.24, 2.45) is 11.8 Å². The average Bonchev–Trinajstić information content (AvgIpc) is 2.46. The van der Waals surface area contributed by atoms with E-state index in [9.17, 15) is 9.90 Å². The summed E-state index contributed by atoms with van der Waals surface area (Å²) in [5, 5.41) is 9.77. The van der Waals surface area contributed by atoms with Gasteiger partial charge in [-0.15, -0.1) is 0 Å². The molecule has 0 unspecified atom stereocenters. The molecule has 1 aliphatic heterocycles. The number of aliphatic hydroxyl groups is 1. The summed E-state index contributed by atoms with van der Waals surface area (Å²) >= 11 is 0. The molecule has 0 bridgehead atoms. The zero-order valence-electron chi connectivity index (χ0n) is 12.8. The number of amides is 1. The summed E-state index contributed by atoms with van der Waals surface area (Å²) in [7, 11) is 0. The van der Waals surface area contributed by atoms with Crippen molar-refractivity contribution < 1.29 is 9.90 Å². The number of nitrogens with zero attached hydrogens (tertiary/aromatic N) is 1. The van der Waals surface area contributed by atoms with E-state index in [2.05, 4.69) is 30.3 Å². The van der Waals surface area contributed by atoms with Crippen molar-refractivity contribution in [3.05, 3.63) is 35.9 Å². The van der Waals surface area contributed by atoms with Crippen molar-refractivity contribution >= 4 is 5.91 Å². The van der Waals surface area contributed by atoms with Gasteiger partial charge in [-0.1, -0.05) is 30.3 Å². The second-order valence-electron chi connectivity index (χ2n) is 7.06. The Balaban J connectivity index is 1.46. The van der Waals surface area contributed by atoms with Crippen LogP contribution in [0, 0.1) is 11.8 Å². The van der Waals surface area contributed by atoms with E-state index in [1.165, 1.54) is 5.56 Å². The molecular formula is C18H25NO2. The van der Waals surface area contributed by atoms with Gasteiger partial charge in [0, 0.05) is 19.0 Å². The molecule has 21 heavy (non-hydrogen) atoms. The molecule has 1 amide bonds. The van der Waals surface area contributed by atoms with Gasteiger partial charge in [0.2, 0.25) is 5.91 Å². The number of benzene rings is 1. The predicted octanol–water partition coefficient (Wildman–Crippen LogP) is 2.63. The monoisotopic (exact) mass is 287 g/mol. The summed E-state index contributed by atoms with van der Waals surface area (Å²) in [6, 6.07) is 10.6. The molecule has 3 heteroatoms. The van der Waals surface area contributed by atoms with E-state index in [-0.39, 0.29) is 11.8 Å². The van der Waals surface area contributed by atoms with Crippen LogP contribution >= 0.6 is 0 Å². The Kier molecular flexibility index (Phi) is 4.03. The van der Waals surface area contributed by atoms with Gasteiger partial charge in [0.15, 0.2) is 0 Å². The van der Waals surface area contributed by atoms with Gasteiger partial charge in [-0.05, 0) is 50.5 Å². The van der Waals surface area contributed by atoms with E-state index in [0.29, 0.717) is 18.8 Å². The Hall–Kier alpha value is -1.35. The maximum Gasteiger partial charge on any atom is 0.225 e. The van der Waals surface area contributed by atoms with Crippen LogP contribution in [0.5, 0.6) is 0 Å². The molecule has 1 aromatic rings. The highest BCUT2D eigenvalue weighted by Gasteiger charge is 2.44. The van der Waals surface area contributed by atoms with Crippen molar-refractivity contribution in [2.75, 3.05) is 13.1 Å². The first kappa shape index (κ1) is 14.6. The highest BCUT2D eigenvalue weighted by Crippen LogP contribution is 2.39. The van der Waals surface area contributed by atoms with Gasteiger partial charge < -0.3 is 10.0 Å². The lowest BCUT2D eigenvalue weighted by molar-refractivity contribution is -0.151. The van der Waals surface area contributed by atoms with Gasteiger partial charge >= 0.3 is 0 Å². The molecule has 1 aliphatic carbocycles. The molecule has 0 radical (unpaired) electrons. The van der Waals surface area contributed by atoms with Gasteiger partial charge in [-0.2, -0.15) is 0 Å². The van der Waals surface area contributed by atoms with E-state index in [1.54, 1.807) is 0 Å². The quantitative estimate of drug-likeness (QED) is 0.928. The number of carbonyl (C=O) groups is 1. The highest BCUT2D eigenvalue weighted by molar-refractivity contribution is 5.80. The summed E-state index contributed by atoms with van der Waals surface area (Å²) in [6.07, 6.45) is 4.60. The first-order chi connectivity index (χ1) is 10.0. The second kappa shape index (κ2) is 5.80. The van der Waals surface area contributed by atoms with Crippen LogP contribution in [-0.4, -0.2) is 34.6 Å². The maximum atomic E-state index is 12.3. The number of piperidine rings is 1. The Bertz CT molecular complexity index is 481. The molecule has 2 fully saturated rings. The fourth-order valence-corrected chi connectivity index (χ4v) is 3.74. The van der Waals surface area contributed by atoms with Crippen LogP contribution in [0.2, 0.25) is 0 Å². The van der Waals surface area contributed by atoms with E-state index in [4.69, 9.17) is 0 Å². The van der Waals surface area contributed by atoms with Gasteiger partial charge in [-0.3, -0.25) is 4.79 Å². The molecule has 0 aromatic heterocycles.